The first-order valence-corrected chi connectivity index (χ1v) is 14.7. The van der Waals surface area contributed by atoms with Crippen LogP contribution in [0.5, 0.6) is 0 Å². The minimum Gasteiger partial charge on any atom is -0.419 e. The lowest BCUT2D eigenvalue weighted by Gasteiger charge is -2.18. The minimum atomic E-state index is 0.0876. The van der Waals surface area contributed by atoms with Gasteiger partial charge in [-0.25, -0.2) is 9.97 Å². The first-order chi connectivity index (χ1) is 21.4. The Morgan fingerprint density at radius 3 is 2.48 bits per heavy atom. The lowest BCUT2D eigenvalue weighted by Crippen LogP contribution is -2.20. The number of unbranched alkanes of at least 4 members (excludes halogenated alkanes) is 1. The van der Waals surface area contributed by atoms with E-state index in [-0.39, 0.29) is 5.92 Å². The summed E-state index contributed by atoms with van der Waals surface area (Å²) < 4.78 is 5.90. The Balaban J connectivity index is 0.000000349. The van der Waals surface area contributed by atoms with Gasteiger partial charge in [0, 0.05) is 37.0 Å². The van der Waals surface area contributed by atoms with Crippen LogP contribution in [0.3, 0.4) is 0 Å². The van der Waals surface area contributed by atoms with E-state index in [1.54, 1.807) is 12.1 Å². The SMILES string of the molecule is C=O.C=O.CCCCN(C)c1cc(C=O)cc(-c2nnc(C(C)Cc3ccccc3)o2)n1.Cc1cnc(C2CCCN2C)[nH]1. The maximum Gasteiger partial charge on any atom is 0.266 e. The van der Waals surface area contributed by atoms with Gasteiger partial charge in [-0.2, -0.15) is 0 Å². The predicted octanol–water partition coefficient (Wildman–Crippen LogP) is 5.64. The first kappa shape index (κ1) is 35.7. The topological polar surface area (TPSA) is 138 Å². The molecule has 5 rings (SSSR count). The molecule has 1 N–H and O–H groups in total. The van der Waals surface area contributed by atoms with Gasteiger partial charge in [-0.15, -0.1) is 10.2 Å². The van der Waals surface area contributed by atoms with Gasteiger partial charge in [0.2, 0.25) is 5.89 Å². The molecule has 236 valence electrons. The van der Waals surface area contributed by atoms with Gasteiger partial charge in [0.05, 0.1) is 6.04 Å². The third-order valence-electron chi connectivity index (χ3n) is 7.23. The molecule has 0 radical (unpaired) electrons. The molecular formula is C33H45N7O4. The summed E-state index contributed by atoms with van der Waals surface area (Å²) in [7, 11) is 4.13. The van der Waals surface area contributed by atoms with E-state index in [9.17, 15) is 4.79 Å². The lowest BCUT2D eigenvalue weighted by molar-refractivity contribution is -0.0987. The Labute approximate surface area is 260 Å². The number of pyridine rings is 1. The molecule has 2 unspecified atom stereocenters. The van der Waals surface area contributed by atoms with Crippen LogP contribution >= 0.6 is 0 Å². The number of aldehydes is 1. The number of carbonyl (C=O) groups excluding carboxylic acids is 3. The quantitative estimate of drug-likeness (QED) is 0.227. The van der Waals surface area contributed by atoms with Gasteiger partial charge in [-0.3, -0.25) is 9.69 Å². The molecule has 44 heavy (non-hydrogen) atoms. The standard InChI is InChI=1S/C22H26N4O2.C9H15N3.2CH2O/c1-4-5-11-26(3)20-14-18(15-27)13-19(23-20)22-25-24-21(28-22)16(2)12-17-9-7-6-8-10-17;1-7-6-10-9(11-7)8-4-3-5-12(8)2;2*1-2/h6-10,13-16H,4-5,11-12H2,1-3H3;6,8H,3-5H2,1-2H3,(H,10,11);2*1H2. The number of carbonyl (C=O) groups is 3. The van der Waals surface area contributed by atoms with Crippen LogP contribution in [0.15, 0.2) is 53.1 Å². The number of aromatic amines is 1. The maximum atomic E-state index is 11.4. The first-order valence-electron chi connectivity index (χ1n) is 14.7. The monoisotopic (exact) mass is 603 g/mol. The largest absolute Gasteiger partial charge is 0.419 e. The number of benzene rings is 1. The number of aryl methyl sites for hydroxylation is 1. The molecule has 2 atom stereocenters. The zero-order valence-electron chi connectivity index (χ0n) is 26.5. The number of nitrogens with one attached hydrogen (secondary N) is 1. The van der Waals surface area contributed by atoms with Crippen molar-refractivity contribution < 1.29 is 18.8 Å². The zero-order valence-corrected chi connectivity index (χ0v) is 26.5. The van der Waals surface area contributed by atoms with Crippen LogP contribution < -0.4 is 4.90 Å². The van der Waals surface area contributed by atoms with Crippen LogP contribution in [0, 0.1) is 6.92 Å². The Bertz CT molecular complexity index is 1390. The lowest BCUT2D eigenvalue weighted by atomic mass is 10.0. The number of hydrogen-bond acceptors (Lipinski definition) is 10. The van der Waals surface area contributed by atoms with Crippen molar-refractivity contribution in [3.63, 3.8) is 0 Å². The van der Waals surface area contributed by atoms with Crippen LogP contribution in [-0.4, -0.2) is 77.1 Å². The summed E-state index contributed by atoms with van der Waals surface area (Å²) in [5.74, 6) is 2.85. The van der Waals surface area contributed by atoms with Crippen molar-refractivity contribution in [3.05, 3.63) is 77.2 Å². The third-order valence-corrected chi connectivity index (χ3v) is 7.23. The number of hydrogen-bond donors (Lipinski definition) is 1. The summed E-state index contributed by atoms with van der Waals surface area (Å²) in [5, 5.41) is 8.38. The molecule has 1 aliphatic rings. The molecule has 0 bridgehead atoms. The van der Waals surface area contributed by atoms with Gasteiger partial charge >= 0.3 is 0 Å². The van der Waals surface area contributed by atoms with E-state index >= 15 is 0 Å². The molecule has 0 aliphatic carbocycles. The van der Waals surface area contributed by atoms with Gasteiger partial charge in [0.15, 0.2) is 0 Å². The van der Waals surface area contributed by atoms with Crippen molar-refractivity contribution in [1.29, 1.82) is 0 Å². The molecule has 0 spiro atoms. The molecule has 11 heteroatoms. The highest BCUT2D eigenvalue weighted by Crippen LogP contribution is 2.28. The van der Waals surface area contributed by atoms with E-state index in [2.05, 4.69) is 63.1 Å². The van der Waals surface area contributed by atoms with Gasteiger partial charge in [-0.05, 0) is 63.9 Å². The highest BCUT2D eigenvalue weighted by molar-refractivity contribution is 5.78. The maximum absolute atomic E-state index is 11.4. The Morgan fingerprint density at radius 1 is 1.16 bits per heavy atom. The van der Waals surface area contributed by atoms with Crippen LogP contribution in [0.1, 0.15) is 84.8 Å². The van der Waals surface area contributed by atoms with E-state index < -0.39 is 0 Å². The number of likely N-dealkylation sites (tertiary alicyclic amines) is 1. The summed E-state index contributed by atoms with van der Waals surface area (Å²) in [5.41, 5.74) is 3.44. The van der Waals surface area contributed by atoms with Crippen molar-refractivity contribution in [2.45, 2.75) is 64.8 Å². The van der Waals surface area contributed by atoms with E-state index in [1.165, 1.54) is 24.9 Å². The van der Waals surface area contributed by atoms with Crippen LogP contribution in [0.4, 0.5) is 5.82 Å². The van der Waals surface area contributed by atoms with E-state index in [4.69, 9.17) is 14.0 Å². The van der Waals surface area contributed by atoms with Crippen LogP contribution in [0.25, 0.3) is 11.6 Å². The average molecular weight is 604 g/mol. The normalized spacial score (nSPS) is 14.6. The van der Waals surface area contributed by atoms with E-state index in [0.29, 0.717) is 29.1 Å². The molecule has 0 amide bonds. The van der Waals surface area contributed by atoms with Gasteiger partial charge in [0.25, 0.3) is 5.89 Å². The Morgan fingerprint density at radius 2 is 1.89 bits per heavy atom. The molecule has 11 nitrogen and oxygen atoms in total. The van der Waals surface area contributed by atoms with Crippen molar-refractivity contribution in [3.8, 4) is 11.6 Å². The minimum absolute atomic E-state index is 0.0876. The molecule has 1 saturated heterocycles. The molecular weight excluding hydrogens is 558 g/mol. The summed E-state index contributed by atoms with van der Waals surface area (Å²) in [6.45, 7) is 12.3. The van der Waals surface area contributed by atoms with Gasteiger partial charge < -0.3 is 23.9 Å². The van der Waals surface area contributed by atoms with Crippen molar-refractivity contribution >= 4 is 25.7 Å². The second kappa shape index (κ2) is 18.9. The number of nitrogens with zero attached hydrogens (tertiary/aromatic N) is 6. The molecule has 3 aromatic heterocycles. The van der Waals surface area contributed by atoms with Gasteiger partial charge in [0.1, 0.15) is 37.2 Å². The van der Waals surface area contributed by atoms with Gasteiger partial charge in [-0.1, -0.05) is 50.6 Å². The van der Waals surface area contributed by atoms with Crippen LogP contribution in [0.2, 0.25) is 0 Å². The number of imidazole rings is 1. The Kier molecular flexibility index (Phi) is 15.3. The number of anilines is 1. The Hall–Kier alpha value is -4.51. The smallest absolute Gasteiger partial charge is 0.266 e. The van der Waals surface area contributed by atoms with Crippen molar-refractivity contribution in [2.75, 3.05) is 32.1 Å². The van der Waals surface area contributed by atoms with E-state index in [0.717, 1.165) is 49.4 Å². The predicted molar refractivity (Wildman–Crippen MR) is 172 cm³/mol. The third kappa shape index (κ3) is 10.3. The molecule has 1 aromatic carbocycles. The fraction of sp³-hybridized carbons (Fsp3) is 0.424. The summed E-state index contributed by atoms with van der Waals surface area (Å²) >= 11 is 0. The van der Waals surface area contributed by atoms with Crippen LogP contribution in [-0.2, 0) is 16.0 Å². The number of aromatic nitrogens is 5. The summed E-state index contributed by atoms with van der Waals surface area (Å²) in [6.07, 6.45) is 8.22. The molecule has 4 heterocycles. The summed E-state index contributed by atoms with van der Waals surface area (Å²) in [6, 6.07) is 14.2. The highest BCUT2D eigenvalue weighted by atomic mass is 16.4. The fourth-order valence-electron chi connectivity index (χ4n) is 4.87. The fourth-order valence-corrected chi connectivity index (χ4v) is 4.87. The number of H-pyrrole nitrogens is 1. The molecule has 1 aliphatic heterocycles. The summed E-state index contributed by atoms with van der Waals surface area (Å²) in [4.78, 5) is 44.1. The zero-order chi connectivity index (χ0) is 32.5. The molecule has 4 aromatic rings. The molecule has 1 fully saturated rings. The number of rotatable bonds is 10. The second-order valence-electron chi connectivity index (χ2n) is 10.7. The van der Waals surface area contributed by atoms with Crippen molar-refractivity contribution in [2.24, 2.45) is 0 Å². The average Bonchev–Trinajstić information content (AvgIpc) is 3.84. The van der Waals surface area contributed by atoms with Crippen molar-refractivity contribution in [1.82, 2.24) is 30.0 Å². The molecule has 0 saturated carbocycles. The van der Waals surface area contributed by atoms with E-state index in [1.807, 2.05) is 56.8 Å². The second-order valence-corrected chi connectivity index (χ2v) is 10.7. The highest BCUT2D eigenvalue weighted by Gasteiger charge is 2.24.